The van der Waals surface area contributed by atoms with Crippen LogP contribution in [0.2, 0.25) is 0 Å². The normalized spacial score (nSPS) is 13.2. The molecule has 8 nitrogen and oxygen atoms in total. The lowest BCUT2D eigenvalue weighted by molar-refractivity contribution is 0.300. The molecule has 88 heavy (non-hydrogen) atoms. The number of aliphatic imine (C=N–C) groups is 2. The van der Waals surface area contributed by atoms with Crippen LogP contribution in [-0.4, -0.2) is 32.9 Å². The average molecular weight is 1170 g/mol. The van der Waals surface area contributed by atoms with Crippen LogP contribution in [0, 0.1) is 0 Å². The lowest BCUT2D eigenvalue weighted by Gasteiger charge is -2.28. The lowest BCUT2D eigenvalue weighted by atomic mass is 9.79. The van der Waals surface area contributed by atoms with Gasteiger partial charge in [-0.2, -0.15) is 0 Å². The molecule has 10 aromatic rings. The Morgan fingerprint density at radius 2 is 0.636 bits per heavy atom. The van der Waals surface area contributed by atoms with Crippen molar-refractivity contribution in [2.75, 3.05) is 0 Å². The van der Waals surface area contributed by atoms with Crippen LogP contribution < -0.4 is 9.47 Å². The highest BCUT2D eigenvalue weighted by atomic mass is 16.5. The standard InChI is InChI=1S/C80H82N2O6/c1-77(2,3)61-37-53-33-57-41-63(79(7,8)9)43-59(75(57)87-47-49-21-27-65(28-22-49)81-45-69-67-19-15-13-17-51(67)25-31-71(69)83)35-55-39-62(78(4,5)6)40-56(74(55)86)36-60-44-64(80(10,11)12)42-58(34-54(38-61)73(53)85)76(60)88-48-50-23-29-66(30-24-50)82-46-70-68-20-16-14-18-52(68)26-32-72(70)84/h13-32,37-46,83-86H,33-36,47-48H2,1-12H3. The van der Waals surface area contributed by atoms with Crippen molar-refractivity contribution in [2.45, 2.75) is 144 Å². The molecule has 8 heteroatoms. The highest BCUT2D eigenvalue weighted by Crippen LogP contribution is 2.45. The highest BCUT2D eigenvalue weighted by Gasteiger charge is 2.29. The van der Waals surface area contributed by atoms with Crippen molar-refractivity contribution in [2.24, 2.45) is 9.98 Å². The van der Waals surface area contributed by atoms with Crippen molar-refractivity contribution in [1.82, 2.24) is 0 Å². The molecule has 0 aliphatic heterocycles. The molecule has 0 radical (unpaired) electrons. The summed E-state index contributed by atoms with van der Waals surface area (Å²) in [7, 11) is 0. The summed E-state index contributed by atoms with van der Waals surface area (Å²) in [6, 6.07) is 56.8. The smallest absolute Gasteiger partial charge is 0.126 e. The number of ether oxygens (including phenoxy) is 2. The molecule has 11 rings (SSSR count). The maximum atomic E-state index is 13.0. The van der Waals surface area contributed by atoms with Crippen molar-refractivity contribution in [1.29, 1.82) is 0 Å². The zero-order chi connectivity index (χ0) is 62.5. The Morgan fingerprint density at radius 3 is 0.932 bits per heavy atom. The van der Waals surface area contributed by atoms with Crippen LogP contribution in [0.1, 0.15) is 172 Å². The van der Waals surface area contributed by atoms with Gasteiger partial charge in [-0.1, -0.05) is 217 Å². The zero-order valence-electron chi connectivity index (χ0n) is 53.1. The van der Waals surface area contributed by atoms with E-state index in [0.29, 0.717) is 36.8 Å². The summed E-state index contributed by atoms with van der Waals surface area (Å²) in [6.45, 7) is 27.2. The Bertz CT molecular complexity index is 3960. The Balaban J connectivity index is 1.01. The van der Waals surface area contributed by atoms with E-state index in [1.54, 1.807) is 24.6 Å². The van der Waals surface area contributed by atoms with E-state index < -0.39 is 0 Å². The fourth-order valence-electron chi connectivity index (χ4n) is 11.8. The molecule has 1 aliphatic rings. The van der Waals surface area contributed by atoms with Crippen molar-refractivity contribution >= 4 is 45.3 Å². The van der Waals surface area contributed by atoms with Gasteiger partial charge < -0.3 is 29.9 Å². The maximum Gasteiger partial charge on any atom is 0.126 e. The fraction of sp³-hybridized carbons (Fsp3) is 0.275. The van der Waals surface area contributed by atoms with Crippen LogP contribution in [-0.2, 0) is 60.6 Å². The van der Waals surface area contributed by atoms with Gasteiger partial charge in [0.1, 0.15) is 47.7 Å². The lowest BCUT2D eigenvalue weighted by Crippen LogP contribution is -2.16. The molecule has 0 fully saturated rings. The van der Waals surface area contributed by atoms with Crippen LogP contribution in [0.25, 0.3) is 21.5 Å². The van der Waals surface area contributed by atoms with Gasteiger partial charge in [0.2, 0.25) is 0 Å². The second-order valence-electron chi connectivity index (χ2n) is 28.1. The Hall–Kier alpha value is -9.14. The summed E-state index contributed by atoms with van der Waals surface area (Å²) in [5, 5.41) is 51.5. The topological polar surface area (TPSA) is 124 Å². The molecule has 0 unspecified atom stereocenters. The maximum absolute atomic E-state index is 13.0. The molecule has 0 spiro atoms. The number of phenolic OH excluding ortho intramolecular Hbond substituents is 4. The minimum Gasteiger partial charge on any atom is -0.507 e. The second kappa shape index (κ2) is 23.9. The van der Waals surface area contributed by atoms with Gasteiger partial charge >= 0.3 is 0 Å². The number of benzene rings is 10. The third-order valence-corrected chi connectivity index (χ3v) is 17.2. The molecule has 8 bridgehead atoms. The first-order valence-corrected chi connectivity index (χ1v) is 30.7. The number of phenols is 4. The molecule has 448 valence electrons. The van der Waals surface area contributed by atoms with Gasteiger partial charge in [-0.3, -0.25) is 9.98 Å². The van der Waals surface area contributed by atoms with Crippen molar-refractivity contribution in [3.63, 3.8) is 0 Å². The number of rotatable bonds is 10. The van der Waals surface area contributed by atoms with E-state index in [2.05, 4.69) is 132 Å². The van der Waals surface area contributed by atoms with Crippen molar-refractivity contribution in [3.8, 4) is 34.5 Å². The molecule has 0 aromatic heterocycles. The number of fused-ring (bicyclic) bond motifs is 10. The number of nitrogens with zero attached hydrogens (tertiary/aromatic N) is 2. The molecule has 0 atom stereocenters. The monoisotopic (exact) mass is 1170 g/mol. The quantitative estimate of drug-likeness (QED) is 0.101. The van der Waals surface area contributed by atoms with Crippen LogP contribution >= 0.6 is 0 Å². The van der Waals surface area contributed by atoms with E-state index in [1.165, 1.54) is 0 Å². The summed E-state index contributed by atoms with van der Waals surface area (Å²) < 4.78 is 14.3. The number of aromatic hydroxyl groups is 4. The molecule has 0 saturated carbocycles. The van der Waals surface area contributed by atoms with E-state index in [-0.39, 0.29) is 57.9 Å². The average Bonchev–Trinajstić information content (AvgIpc) is 2.29. The minimum atomic E-state index is -0.268. The largest absolute Gasteiger partial charge is 0.507 e. The van der Waals surface area contributed by atoms with E-state index in [0.717, 1.165) is 122 Å². The summed E-state index contributed by atoms with van der Waals surface area (Å²) in [5.74, 6) is 2.26. The van der Waals surface area contributed by atoms with Crippen LogP contribution in [0.5, 0.6) is 34.5 Å². The summed E-state index contributed by atoms with van der Waals surface area (Å²) >= 11 is 0. The number of hydrogen-bond acceptors (Lipinski definition) is 8. The third-order valence-electron chi connectivity index (χ3n) is 17.2. The Morgan fingerprint density at radius 1 is 0.352 bits per heavy atom. The fourth-order valence-corrected chi connectivity index (χ4v) is 11.8. The molecular formula is C80H82N2O6. The first-order chi connectivity index (χ1) is 41.7. The van der Waals surface area contributed by atoms with Gasteiger partial charge in [0.05, 0.1) is 11.4 Å². The van der Waals surface area contributed by atoms with Gasteiger partial charge in [-0.15, -0.1) is 0 Å². The van der Waals surface area contributed by atoms with Gasteiger partial charge in [0.15, 0.2) is 0 Å². The molecule has 10 aromatic carbocycles. The Kier molecular flexibility index (Phi) is 16.4. The summed E-state index contributed by atoms with van der Waals surface area (Å²) in [5.41, 5.74) is 15.0. The molecule has 4 N–H and O–H groups in total. The predicted octanol–water partition coefficient (Wildman–Crippen LogP) is 19.3. The molecule has 0 saturated heterocycles. The molecular weight excluding hydrogens is 1080 g/mol. The van der Waals surface area contributed by atoms with E-state index in [1.807, 2.05) is 109 Å². The van der Waals surface area contributed by atoms with Crippen molar-refractivity contribution < 1.29 is 29.9 Å². The minimum absolute atomic E-state index is 0.173. The first kappa shape index (κ1) is 60.5. The van der Waals surface area contributed by atoms with Gasteiger partial charge in [-0.25, -0.2) is 0 Å². The second-order valence-corrected chi connectivity index (χ2v) is 28.1. The molecule has 0 amide bonds. The van der Waals surface area contributed by atoms with Crippen LogP contribution in [0.3, 0.4) is 0 Å². The van der Waals surface area contributed by atoms with E-state index in [4.69, 9.17) is 19.5 Å². The van der Waals surface area contributed by atoms with E-state index in [9.17, 15) is 20.4 Å². The Labute approximate surface area is 519 Å². The predicted molar refractivity (Wildman–Crippen MR) is 362 cm³/mol. The third kappa shape index (κ3) is 13.2. The zero-order valence-corrected chi connectivity index (χ0v) is 53.1. The molecule has 1 aliphatic carbocycles. The van der Waals surface area contributed by atoms with Gasteiger partial charge in [-0.05, 0) is 157 Å². The van der Waals surface area contributed by atoms with Crippen LogP contribution in [0.4, 0.5) is 11.4 Å². The van der Waals surface area contributed by atoms with Crippen LogP contribution in [0.15, 0.2) is 180 Å². The first-order valence-electron chi connectivity index (χ1n) is 30.7. The van der Waals surface area contributed by atoms with E-state index >= 15 is 0 Å². The number of hydrogen-bond donors (Lipinski definition) is 4. The highest BCUT2D eigenvalue weighted by molar-refractivity contribution is 6.04. The van der Waals surface area contributed by atoms with Gasteiger partial charge in [0.25, 0.3) is 0 Å². The van der Waals surface area contributed by atoms with Gasteiger partial charge in [0, 0.05) is 49.2 Å². The summed E-state index contributed by atoms with van der Waals surface area (Å²) in [6.07, 6.45) is 4.96. The SMILES string of the molecule is CC(C)(C)c1cc2c(O)c(c1)Cc1cc(C(C)(C)C)cc(c1OCc1ccc(N=Cc3c(O)ccc4ccccc34)cc1)Cc1cc(C(C)(C)C)cc(c1O)Cc1cc(C(C)(C)C)cc(c1OCc1ccc(N=Cc3c(O)ccc4ccccc34)cc1)C2. The molecule has 0 heterocycles. The van der Waals surface area contributed by atoms with Crippen molar-refractivity contribution in [3.05, 3.63) is 259 Å². The summed E-state index contributed by atoms with van der Waals surface area (Å²) in [4.78, 5) is 9.58.